The Kier molecular flexibility index (Phi) is 5.83. The van der Waals surface area contributed by atoms with Crippen molar-refractivity contribution >= 4 is 56.3 Å². The average Bonchev–Trinajstić information content (AvgIpc) is 3.12. The molecule has 1 aromatic carbocycles. The van der Waals surface area contributed by atoms with Gasteiger partial charge in [-0.15, -0.1) is 11.3 Å². The van der Waals surface area contributed by atoms with Gasteiger partial charge in [0.2, 0.25) is 5.91 Å². The third kappa shape index (κ3) is 4.15. The second-order valence-electron chi connectivity index (χ2n) is 6.98. The quantitative estimate of drug-likeness (QED) is 0.572. The van der Waals surface area contributed by atoms with Crippen LogP contribution in [0.4, 0.5) is 5.69 Å². The summed E-state index contributed by atoms with van der Waals surface area (Å²) >= 11 is 13.9. The van der Waals surface area contributed by atoms with E-state index in [2.05, 4.69) is 15.2 Å². The Hall–Kier alpha value is -1.73. The third-order valence-corrected chi connectivity index (χ3v) is 6.92. The summed E-state index contributed by atoms with van der Waals surface area (Å²) in [4.78, 5) is 23.6. The fourth-order valence-corrected chi connectivity index (χ4v) is 4.96. The van der Waals surface area contributed by atoms with Gasteiger partial charge in [-0.1, -0.05) is 23.2 Å². The summed E-state index contributed by atoms with van der Waals surface area (Å²) in [6.07, 6.45) is 3.57. The van der Waals surface area contributed by atoms with Gasteiger partial charge in [-0.2, -0.15) is 0 Å². The predicted octanol–water partition coefficient (Wildman–Crippen LogP) is 5.20. The fourth-order valence-electron chi connectivity index (χ4n) is 3.51. The molecule has 8 heteroatoms. The van der Waals surface area contributed by atoms with Crippen LogP contribution < -0.4 is 5.32 Å². The molecule has 3 heterocycles. The summed E-state index contributed by atoms with van der Waals surface area (Å²) < 4.78 is 1.17. The summed E-state index contributed by atoms with van der Waals surface area (Å²) in [5, 5.41) is 5.06. The van der Waals surface area contributed by atoms with E-state index in [9.17, 15) is 4.79 Å². The van der Waals surface area contributed by atoms with E-state index in [1.54, 1.807) is 29.7 Å². The van der Waals surface area contributed by atoms with E-state index in [-0.39, 0.29) is 11.9 Å². The summed E-state index contributed by atoms with van der Waals surface area (Å²) in [7, 11) is 0. The lowest BCUT2D eigenvalue weighted by Gasteiger charge is -2.34. The van der Waals surface area contributed by atoms with Gasteiger partial charge in [0.1, 0.15) is 0 Å². The van der Waals surface area contributed by atoms with Gasteiger partial charge in [-0.05, 0) is 63.2 Å². The first-order valence-electron chi connectivity index (χ1n) is 9.22. The zero-order chi connectivity index (χ0) is 19.7. The van der Waals surface area contributed by atoms with E-state index in [0.29, 0.717) is 21.8 Å². The van der Waals surface area contributed by atoms with Gasteiger partial charge >= 0.3 is 0 Å². The molecule has 0 saturated carbocycles. The molecule has 1 aliphatic heterocycles. The van der Waals surface area contributed by atoms with Crippen molar-refractivity contribution in [3.8, 4) is 0 Å². The number of carbonyl (C=O) groups excluding carboxylic acids is 1. The van der Waals surface area contributed by atoms with E-state index in [1.165, 1.54) is 4.70 Å². The molecule has 1 saturated heterocycles. The summed E-state index contributed by atoms with van der Waals surface area (Å²) in [6.45, 7) is 3.65. The van der Waals surface area contributed by atoms with Crippen LogP contribution in [-0.4, -0.2) is 39.9 Å². The van der Waals surface area contributed by atoms with Crippen LogP contribution in [0.3, 0.4) is 0 Å². The first kappa shape index (κ1) is 19.6. The smallest absolute Gasteiger partial charge is 0.241 e. The van der Waals surface area contributed by atoms with E-state index in [1.807, 2.05) is 25.1 Å². The van der Waals surface area contributed by atoms with Crippen LogP contribution in [0.1, 0.15) is 30.7 Å². The van der Waals surface area contributed by atoms with Crippen molar-refractivity contribution in [1.82, 2.24) is 14.9 Å². The van der Waals surface area contributed by atoms with E-state index < -0.39 is 0 Å². The second-order valence-corrected chi connectivity index (χ2v) is 8.84. The number of halogens is 2. The van der Waals surface area contributed by atoms with Gasteiger partial charge in [0.05, 0.1) is 27.0 Å². The van der Waals surface area contributed by atoms with E-state index in [4.69, 9.17) is 28.2 Å². The van der Waals surface area contributed by atoms with Crippen molar-refractivity contribution in [2.24, 2.45) is 0 Å². The first-order valence-corrected chi connectivity index (χ1v) is 10.8. The minimum atomic E-state index is -0.230. The fraction of sp³-hybridized carbons (Fsp3) is 0.350. The molecule has 0 spiro atoms. The molecular weight excluding hydrogens is 415 g/mol. The van der Waals surface area contributed by atoms with Crippen molar-refractivity contribution in [3.63, 3.8) is 0 Å². The molecule has 0 radical (unpaired) electrons. The number of nitrogens with one attached hydrogen (secondary N) is 1. The zero-order valence-electron chi connectivity index (χ0n) is 15.4. The van der Waals surface area contributed by atoms with Crippen LogP contribution in [0.25, 0.3) is 10.2 Å². The van der Waals surface area contributed by atoms with Gasteiger partial charge in [-0.25, -0.2) is 9.97 Å². The minimum Gasteiger partial charge on any atom is -0.322 e. The lowest BCUT2D eigenvalue weighted by Crippen LogP contribution is -2.45. The molecule has 1 amide bonds. The number of rotatable bonds is 4. The molecule has 2 aromatic heterocycles. The summed E-state index contributed by atoms with van der Waals surface area (Å²) in [5.41, 5.74) is 1.51. The Bertz CT molecular complexity index is 1000. The van der Waals surface area contributed by atoms with Crippen LogP contribution in [0.2, 0.25) is 10.2 Å². The van der Waals surface area contributed by atoms with E-state index in [0.717, 1.165) is 36.5 Å². The standard InChI is InChI=1S/C20H20Cl2N4OS/c1-12(19(27)24-15-3-2-8-23-18(15)22)26-9-6-13(7-10-26)20-25-16-11-14(21)4-5-17(16)28-20/h2-5,8,11-13H,6-7,9-10H2,1H3,(H,24,27). The van der Waals surface area contributed by atoms with Gasteiger partial charge in [-0.3, -0.25) is 9.69 Å². The highest BCUT2D eigenvalue weighted by Crippen LogP contribution is 2.35. The molecule has 1 unspecified atom stereocenters. The lowest BCUT2D eigenvalue weighted by atomic mass is 9.96. The molecule has 3 aromatic rings. The van der Waals surface area contributed by atoms with Crippen molar-refractivity contribution in [2.75, 3.05) is 18.4 Å². The number of likely N-dealkylation sites (tertiary alicyclic amines) is 1. The molecule has 1 aliphatic rings. The van der Waals surface area contributed by atoms with Gasteiger partial charge < -0.3 is 5.32 Å². The Morgan fingerprint density at radius 3 is 2.82 bits per heavy atom. The molecule has 0 aliphatic carbocycles. The highest BCUT2D eigenvalue weighted by Gasteiger charge is 2.29. The number of amides is 1. The molecule has 4 rings (SSSR count). The SMILES string of the molecule is CC(C(=O)Nc1cccnc1Cl)N1CCC(c2nc3cc(Cl)ccc3s2)CC1. The average molecular weight is 435 g/mol. The highest BCUT2D eigenvalue weighted by molar-refractivity contribution is 7.18. The number of hydrogen-bond acceptors (Lipinski definition) is 5. The molecule has 1 atom stereocenters. The number of anilines is 1. The Morgan fingerprint density at radius 2 is 2.07 bits per heavy atom. The Labute approximate surface area is 177 Å². The predicted molar refractivity (Wildman–Crippen MR) is 116 cm³/mol. The van der Waals surface area contributed by atoms with Crippen molar-refractivity contribution in [2.45, 2.75) is 31.7 Å². The number of thiazole rings is 1. The number of hydrogen-bond donors (Lipinski definition) is 1. The van der Waals surface area contributed by atoms with Crippen LogP contribution in [0.15, 0.2) is 36.5 Å². The van der Waals surface area contributed by atoms with Crippen LogP contribution in [-0.2, 0) is 4.79 Å². The number of nitrogens with zero attached hydrogens (tertiary/aromatic N) is 3. The number of pyridine rings is 1. The van der Waals surface area contributed by atoms with E-state index >= 15 is 0 Å². The third-order valence-electron chi connectivity index (χ3n) is 5.19. The topological polar surface area (TPSA) is 58.1 Å². The van der Waals surface area contributed by atoms with Gasteiger partial charge in [0.15, 0.2) is 5.15 Å². The molecule has 1 fully saturated rings. The summed E-state index contributed by atoms with van der Waals surface area (Å²) in [6, 6.07) is 9.13. The van der Waals surface area contributed by atoms with Crippen LogP contribution >= 0.6 is 34.5 Å². The molecule has 0 bridgehead atoms. The lowest BCUT2D eigenvalue weighted by molar-refractivity contribution is -0.121. The second kappa shape index (κ2) is 8.33. The number of aromatic nitrogens is 2. The highest BCUT2D eigenvalue weighted by atomic mass is 35.5. The molecule has 28 heavy (non-hydrogen) atoms. The van der Waals surface area contributed by atoms with Gasteiger partial charge in [0, 0.05) is 17.1 Å². The number of piperidine rings is 1. The van der Waals surface area contributed by atoms with Crippen LogP contribution in [0, 0.1) is 0 Å². The minimum absolute atomic E-state index is 0.0667. The number of carbonyl (C=O) groups is 1. The monoisotopic (exact) mass is 434 g/mol. The van der Waals surface area contributed by atoms with Gasteiger partial charge in [0.25, 0.3) is 0 Å². The maximum atomic E-state index is 12.6. The molecular formula is C20H20Cl2N4OS. The number of benzene rings is 1. The maximum Gasteiger partial charge on any atom is 0.241 e. The molecule has 5 nitrogen and oxygen atoms in total. The van der Waals surface area contributed by atoms with Crippen molar-refractivity contribution < 1.29 is 4.79 Å². The maximum absolute atomic E-state index is 12.6. The normalized spacial score (nSPS) is 17.0. The van der Waals surface area contributed by atoms with Crippen molar-refractivity contribution in [3.05, 3.63) is 51.7 Å². The molecule has 1 N–H and O–H groups in total. The Morgan fingerprint density at radius 1 is 1.29 bits per heavy atom. The van der Waals surface area contributed by atoms with Crippen LogP contribution in [0.5, 0.6) is 0 Å². The summed E-state index contributed by atoms with van der Waals surface area (Å²) in [5.74, 6) is 0.360. The molecule has 146 valence electrons. The first-order chi connectivity index (χ1) is 13.5. The zero-order valence-corrected chi connectivity index (χ0v) is 17.7. The Balaban J connectivity index is 1.37. The van der Waals surface area contributed by atoms with Crippen molar-refractivity contribution in [1.29, 1.82) is 0 Å². The largest absolute Gasteiger partial charge is 0.322 e. The number of fused-ring (bicyclic) bond motifs is 1.